The highest BCUT2D eigenvalue weighted by molar-refractivity contribution is 5.78. The topological polar surface area (TPSA) is 26.3 Å². The SMILES string of the molecule is COC(=O)C(F)(F)C(F)C(F)(F)F. The van der Waals surface area contributed by atoms with E-state index < -0.39 is 24.2 Å². The van der Waals surface area contributed by atoms with Crippen LogP contribution in [0, 0.1) is 0 Å². The van der Waals surface area contributed by atoms with Crippen LogP contribution in [0.5, 0.6) is 0 Å². The van der Waals surface area contributed by atoms with Crippen molar-refractivity contribution in [3.05, 3.63) is 0 Å². The molecule has 0 aliphatic carbocycles. The van der Waals surface area contributed by atoms with Crippen molar-refractivity contribution in [3.63, 3.8) is 0 Å². The largest absolute Gasteiger partial charge is 0.464 e. The predicted octanol–water partition coefficient (Wildman–Crippen LogP) is 1.70. The van der Waals surface area contributed by atoms with Gasteiger partial charge in [-0.05, 0) is 0 Å². The lowest BCUT2D eigenvalue weighted by Crippen LogP contribution is -2.47. The smallest absolute Gasteiger partial charge is 0.426 e. The molecule has 0 bridgehead atoms. The second-order valence-electron chi connectivity index (χ2n) is 2.02. The minimum absolute atomic E-state index is 0.430. The van der Waals surface area contributed by atoms with Gasteiger partial charge in [-0.2, -0.15) is 22.0 Å². The second kappa shape index (κ2) is 3.43. The first-order chi connectivity index (χ1) is 5.64. The van der Waals surface area contributed by atoms with Gasteiger partial charge < -0.3 is 4.74 Å². The van der Waals surface area contributed by atoms with E-state index in [0.29, 0.717) is 7.11 Å². The van der Waals surface area contributed by atoms with Crippen molar-refractivity contribution in [2.24, 2.45) is 0 Å². The Hall–Kier alpha value is -0.950. The standard InChI is InChI=1S/C5H4F6O2/c1-13-3(12)4(7,8)2(6)5(9,10)11/h2H,1H3. The lowest BCUT2D eigenvalue weighted by Gasteiger charge is -2.19. The van der Waals surface area contributed by atoms with Crippen molar-refractivity contribution in [1.82, 2.24) is 0 Å². The molecule has 0 saturated carbocycles. The molecule has 0 fully saturated rings. The number of methoxy groups -OCH3 is 1. The van der Waals surface area contributed by atoms with Crippen molar-refractivity contribution in [3.8, 4) is 0 Å². The first-order valence-electron chi connectivity index (χ1n) is 2.81. The highest BCUT2D eigenvalue weighted by atomic mass is 19.4. The van der Waals surface area contributed by atoms with E-state index in [0.717, 1.165) is 0 Å². The second-order valence-corrected chi connectivity index (χ2v) is 2.02. The summed E-state index contributed by atoms with van der Waals surface area (Å²) in [6.07, 6.45) is -10.3. The Labute approximate surface area is 68.5 Å². The van der Waals surface area contributed by atoms with Crippen LogP contribution < -0.4 is 0 Å². The Bertz CT molecular complexity index is 198. The van der Waals surface area contributed by atoms with E-state index in [9.17, 15) is 31.1 Å². The van der Waals surface area contributed by atoms with Gasteiger partial charge in [-0.3, -0.25) is 0 Å². The maximum absolute atomic E-state index is 12.1. The Morgan fingerprint density at radius 2 is 1.62 bits per heavy atom. The van der Waals surface area contributed by atoms with Crippen LogP contribution >= 0.6 is 0 Å². The molecule has 0 radical (unpaired) electrons. The van der Waals surface area contributed by atoms with E-state index in [4.69, 9.17) is 0 Å². The van der Waals surface area contributed by atoms with Gasteiger partial charge >= 0.3 is 18.1 Å². The molecule has 0 aromatic carbocycles. The molecule has 0 rings (SSSR count). The molecule has 78 valence electrons. The van der Waals surface area contributed by atoms with Gasteiger partial charge in [-0.1, -0.05) is 0 Å². The van der Waals surface area contributed by atoms with Gasteiger partial charge in [-0.25, -0.2) is 9.18 Å². The van der Waals surface area contributed by atoms with E-state index >= 15 is 0 Å². The van der Waals surface area contributed by atoms with Crippen LogP contribution in [0.1, 0.15) is 0 Å². The Balaban J connectivity index is 4.74. The summed E-state index contributed by atoms with van der Waals surface area (Å²) in [4.78, 5) is 10.0. The fraction of sp³-hybridized carbons (Fsp3) is 0.800. The Morgan fingerprint density at radius 1 is 1.23 bits per heavy atom. The molecule has 1 atom stereocenters. The summed E-state index contributed by atoms with van der Waals surface area (Å²) in [6.45, 7) is 0. The monoisotopic (exact) mass is 210 g/mol. The normalized spacial score (nSPS) is 15.3. The van der Waals surface area contributed by atoms with Gasteiger partial charge in [0, 0.05) is 0 Å². The van der Waals surface area contributed by atoms with Gasteiger partial charge in [0.15, 0.2) is 0 Å². The quantitative estimate of drug-likeness (QED) is 0.512. The van der Waals surface area contributed by atoms with Gasteiger partial charge in [0.2, 0.25) is 0 Å². The van der Waals surface area contributed by atoms with E-state index in [1.165, 1.54) is 0 Å². The van der Waals surface area contributed by atoms with E-state index in [2.05, 4.69) is 4.74 Å². The summed E-state index contributed by atoms with van der Waals surface area (Å²) < 4.78 is 73.7. The summed E-state index contributed by atoms with van der Waals surface area (Å²) >= 11 is 0. The summed E-state index contributed by atoms with van der Waals surface area (Å²) in [7, 11) is 0.430. The summed E-state index contributed by atoms with van der Waals surface area (Å²) in [5, 5.41) is 0. The maximum atomic E-state index is 12.1. The van der Waals surface area contributed by atoms with Crippen LogP contribution in [-0.4, -0.2) is 31.3 Å². The van der Waals surface area contributed by atoms with Crippen LogP contribution in [-0.2, 0) is 9.53 Å². The highest BCUT2D eigenvalue weighted by Gasteiger charge is 2.62. The molecule has 1 unspecified atom stereocenters. The van der Waals surface area contributed by atoms with Crippen LogP contribution in [0.15, 0.2) is 0 Å². The number of hydrogen-bond donors (Lipinski definition) is 0. The molecule has 0 saturated heterocycles. The van der Waals surface area contributed by atoms with Gasteiger partial charge in [0.25, 0.3) is 6.17 Å². The third-order valence-electron chi connectivity index (χ3n) is 1.06. The zero-order chi connectivity index (χ0) is 10.9. The first kappa shape index (κ1) is 12.0. The number of carbonyl (C=O) groups excluding carboxylic acids is 1. The number of ether oxygens (including phenoxy) is 1. The minimum Gasteiger partial charge on any atom is -0.464 e. The van der Waals surface area contributed by atoms with E-state index in [-0.39, 0.29) is 0 Å². The van der Waals surface area contributed by atoms with Gasteiger partial charge in [0.1, 0.15) is 0 Å². The molecule has 0 aliphatic heterocycles. The summed E-state index contributed by atoms with van der Waals surface area (Å²) in [5.41, 5.74) is 0. The number of carbonyl (C=O) groups is 1. The predicted molar refractivity (Wildman–Crippen MR) is 27.9 cm³/mol. The van der Waals surface area contributed by atoms with Crippen LogP contribution in [0.3, 0.4) is 0 Å². The molecule has 2 nitrogen and oxygen atoms in total. The molecule has 0 spiro atoms. The number of rotatable bonds is 2. The lowest BCUT2D eigenvalue weighted by molar-refractivity contribution is -0.248. The van der Waals surface area contributed by atoms with E-state index in [1.54, 1.807) is 0 Å². The Morgan fingerprint density at radius 3 is 1.85 bits per heavy atom. The number of hydrogen-bond acceptors (Lipinski definition) is 2. The molecule has 0 amide bonds. The van der Waals surface area contributed by atoms with Crippen molar-refractivity contribution in [1.29, 1.82) is 0 Å². The third kappa shape index (κ3) is 2.49. The molecular weight excluding hydrogens is 206 g/mol. The average molecular weight is 210 g/mol. The zero-order valence-corrected chi connectivity index (χ0v) is 6.16. The van der Waals surface area contributed by atoms with Crippen LogP contribution in [0.2, 0.25) is 0 Å². The molecule has 13 heavy (non-hydrogen) atoms. The molecule has 0 aliphatic rings. The lowest BCUT2D eigenvalue weighted by atomic mass is 10.2. The van der Waals surface area contributed by atoms with Crippen molar-refractivity contribution < 1.29 is 35.9 Å². The van der Waals surface area contributed by atoms with Crippen molar-refractivity contribution >= 4 is 5.97 Å². The first-order valence-corrected chi connectivity index (χ1v) is 2.81. The van der Waals surface area contributed by atoms with Crippen LogP contribution in [0.25, 0.3) is 0 Å². The number of esters is 1. The molecule has 0 N–H and O–H groups in total. The molecule has 0 heterocycles. The summed E-state index contributed by atoms with van der Waals surface area (Å²) in [6, 6.07) is 0. The number of halogens is 6. The fourth-order valence-corrected chi connectivity index (χ4v) is 0.445. The maximum Gasteiger partial charge on any atom is 0.426 e. The minimum atomic E-state index is -5.79. The Kier molecular flexibility index (Phi) is 3.18. The molecule has 0 aromatic rings. The van der Waals surface area contributed by atoms with Crippen LogP contribution in [0.4, 0.5) is 26.3 Å². The molecule has 0 aromatic heterocycles. The van der Waals surface area contributed by atoms with Crippen molar-refractivity contribution in [2.45, 2.75) is 18.3 Å². The molecular formula is C5H4F6O2. The molecule has 8 heteroatoms. The van der Waals surface area contributed by atoms with Gasteiger partial charge in [-0.15, -0.1) is 0 Å². The zero-order valence-electron chi connectivity index (χ0n) is 6.16. The third-order valence-corrected chi connectivity index (χ3v) is 1.06. The van der Waals surface area contributed by atoms with Crippen molar-refractivity contribution in [2.75, 3.05) is 7.11 Å². The van der Waals surface area contributed by atoms with Gasteiger partial charge in [0.05, 0.1) is 7.11 Å². The van der Waals surface area contributed by atoms with E-state index in [1.807, 2.05) is 0 Å². The fourth-order valence-electron chi connectivity index (χ4n) is 0.445. The number of alkyl halides is 6. The summed E-state index contributed by atoms with van der Waals surface area (Å²) in [5.74, 6) is -7.76. The average Bonchev–Trinajstić information content (AvgIpc) is 1.99. The highest BCUT2D eigenvalue weighted by Crippen LogP contribution is 2.35.